The minimum Gasteiger partial charge on any atom is -0.481 e. The van der Waals surface area contributed by atoms with Crippen LogP contribution < -0.4 is 5.32 Å². The van der Waals surface area contributed by atoms with Gasteiger partial charge in [-0.3, -0.25) is 4.79 Å². The van der Waals surface area contributed by atoms with E-state index in [0.717, 1.165) is 11.3 Å². The molecule has 0 bridgehead atoms. The number of halogens is 4. The van der Waals surface area contributed by atoms with Crippen LogP contribution in [-0.4, -0.2) is 16.1 Å². The molecule has 0 aliphatic carbocycles. The number of carboxylic acids is 1. The predicted octanol–water partition coefficient (Wildman–Crippen LogP) is 3.07. The van der Waals surface area contributed by atoms with Crippen LogP contribution in [0.2, 0.25) is 0 Å². The fourth-order valence-electron chi connectivity index (χ4n) is 1.39. The highest BCUT2D eigenvalue weighted by atomic mass is 32.1. The smallest absolute Gasteiger partial charge is 0.309 e. The predicted molar refractivity (Wildman–Crippen MR) is 63.0 cm³/mol. The van der Waals surface area contributed by atoms with Gasteiger partial charge in [-0.05, 0) is 0 Å². The highest BCUT2D eigenvalue weighted by molar-refractivity contribution is 7.13. The Kier molecular flexibility index (Phi) is 3.89. The minimum absolute atomic E-state index is 0.0796. The van der Waals surface area contributed by atoms with E-state index in [1.165, 1.54) is 5.38 Å². The van der Waals surface area contributed by atoms with Gasteiger partial charge in [-0.2, -0.15) is 0 Å². The zero-order valence-corrected chi connectivity index (χ0v) is 10.4. The first-order chi connectivity index (χ1) is 9.38. The molecule has 0 amide bonds. The maximum absolute atomic E-state index is 13.4. The molecule has 4 nitrogen and oxygen atoms in total. The number of anilines is 2. The number of thiazole rings is 1. The van der Waals surface area contributed by atoms with Crippen LogP contribution in [0.4, 0.5) is 28.4 Å². The number of carbonyl (C=O) groups is 1. The molecule has 1 aromatic heterocycles. The van der Waals surface area contributed by atoms with E-state index in [4.69, 9.17) is 5.11 Å². The van der Waals surface area contributed by atoms with Gasteiger partial charge in [0.05, 0.1) is 12.1 Å². The van der Waals surface area contributed by atoms with Gasteiger partial charge in [-0.1, -0.05) is 0 Å². The normalized spacial score (nSPS) is 10.6. The van der Waals surface area contributed by atoms with Crippen LogP contribution in [-0.2, 0) is 11.2 Å². The van der Waals surface area contributed by atoms with Crippen LogP contribution >= 0.6 is 11.3 Å². The first-order valence-corrected chi connectivity index (χ1v) is 6.02. The molecule has 20 heavy (non-hydrogen) atoms. The van der Waals surface area contributed by atoms with Crippen LogP contribution in [0.15, 0.2) is 11.4 Å². The average molecular weight is 306 g/mol. The van der Waals surface area contributed by atoms with Gasteiger partial charge in [0.1, 0.15) is 5.69 Å². The average Bonchev–Trinajstić information content (AvgIpc) is 2.79. The molecule has 9 heteroatoms. The summed E-state index contributed by atoms with van der Waals surface area (Å²) in [5.74, 6) is -7.39. The van der Waals surface area contributed by atoms with E-state index in [0.29, 0.717) is 0 Å². The van der Waals surface area contributed by atoms with Crippen LogP contribution in [0.25, 0.3) is 0 Å². The first-order valence-electron chi connectivity index (χ1n) is 5.14. The monoisotopic (exact) mass is 306 g/mol. The summed E-state index contributed by atoms with van der Waals surface area (Å²) in [4.78, 5) is 14.2. The number of aromatic nitrogens is 1. The second-order valence-electron chi connectivity index (χ2n) is 3.68. The summed E-state index contributed by atoms with van der Waals surface area (Å²) >= 11 is 0.852. The lowest BCUT2D eigenvalue weighted by molar-refractivity contribution is -0.136. The summed E-state index contributed by atoms with van der Waals surface area (Å²) in [5, 5.41) is 11.9. The highest BCUT2D eigenvalue weighted by Crippen LogP contribution is 2.28. The van der Waals surface area contributed by atoms with Crippen molar-refractivity contribution < 1.29 is 27.5 Å². The number of hydrogen-bond donors (Lipinski definition) is 2. The van der Waals surface area contributed by atoms with Crippen molar-refractivity contribution in [3.8, 4) is 0 Å². The van der Waals surface area contributed by atoms with Gasteiger partial charge >= 0.3 is 5.97 Å². The van der Waals surface area contributed by atoms with Gasteiger partial charge in [-0.15, -0.1) is 11.3 Å². The lowest BCUT2D eigenvalue weighted by Gasteiger charge is -2.07. The summed E-state index contributed by atoms with van der Waals surface area (Å²) in [6.07, 6.45) is -0.374. The summed E-state index contributed by atoms with van der Waals surface area (Å²) in [5.41, 5.74) is -0.860. The summed E-state index contributed by atoms with van der Waals surface area (Å²) in [6.45, 7) is 0. The quantitative estimate of drug-likeness (QED) is 0.673. The van der Waals surface area contributed by atoms with E-state index < -0.39 is 34.9 Å². The van der Waals surface area contributed by atoms with Gasteiger partial charge in [0.25, 0.3) is 0 Å². The van der Waals surface area contributed by atoms with Crippen LogP contribution in [0, 0.1) is 23.3 Å². The van der Waals surface area contributed by atoms with Gasteiger partial charge in [0.2, 0.25) is 0 Å². The molecule has 1 aromatic carbocycles. The summed E-state index contributed by atoms with van der Waals surface area (Å²) in [7, 11) is 0. The van der Waals surface area contributed by atoms with E-state index >= 15 is 0 Å². The third-order valence-corrected chi connectivity index (χ3v) is 3.03. The summed E-state index contributed by atoms with van der Waals surface area (Å²) < 4.78 is 52.7. The topological polar surface area (TPSA) is 62.2 Å². The molecule has 0 aliphatic rings. The molecular weight excluding hydrogens is 300 g/mol. The number of carboxylic acid groups (broad SMARTS) is 1. The Morgan fingerprint density at radius 1 is 1.25 bits per heavy atom. The maximum atomic E-state index is 13.4. The molecule has 0 aliphatic heterocycles. The molecule has 0 spiro atoms. The van der Waals surface area contributed by atoms with Crippen LogP contribution in [0.5, 0.6) is 0 Å². The van der Waals surface area contributed by atoms with E-state index in [2.05, 4.69) is 10.3 Å². The van der Waals surface area contributed by atoms with Crippen molar-refractivity contribution in [2.24, 2.45) is 0 Å². The molecule has 0 unspecified atom stereocenters. The van der Waals surface area contributed by atoms with Crippen molar-refractivity contribution in [1.29, 1.82) is 0 Å². The molecule has 0 atom stereocenters. The molecule has 0 radical (unpaired) electrons. The number of hydrogen-bond acceptors (Lipinski definition) is 4. The molecule has 2 N–H and O–H groups in total. The Hall–Kier alpha value is -2.16. The second kappa shape index (κ2) is 5.45. The lowest BCUT2D eigenvalue weighted by atomic mass is 10.2. The van der Waals surface area contributed by atoms with Crippen molar-refractivity contribution in [2.45, 2.75) is 6.42 Å². The molecule has 0 fully saturated rings. The van der Waals surface area contributed by atoms with Gasteiger partial charge in [-0.25, -0.2) is 22.5 Å². The fourth-order valence-corrected chi connectivity index (χ4v) is 2.11. The van der Waals surface area contributed by atoms with E-state index in [1.54, 1.807) is 0 Å². The Labute approximate surface area is 113 Å². The Balaban J connectivity index is 2.30. The Morgan fingerprint density at radius 3 is 2.40 bits per heavy atom. The van der Waals surface area contributed by atoms with Gasteiger partial charge in [0, 0.05) is 11.4 Å². The Morgan fingerprint density at radius 2 is 1.85 bits per heavy atom. The van der Waals surface area contributed by atoms with Crippen molar-refractivity contribution in [2.75, 3.05) is 5.32 Å². The standard InChI is InChI=1S/C11H6F4N2O2S/c12-5-2-6(13)9(15)10(8(5)14)17-11-16-4(3-20-11)1-7(18)19/h2-3H,1H2,(H,16,17)(H,18,19). The molecule has 1 heterocycles. The zero-order valence-electron chi connectivity index (χ0n) is 9.58. The zero-order chi connectivity index (χ0) is 14.9. The van der Waals surface area contributed by atoms with Crippen LogP contribution in [0.1, 0.15) is 5.69 Å². The maximum Gasteiger partial charge on any atom is 0.309 e. The molecule has 2 rings (SSSR count). The number of rotatable bonds is 4. The third kappa shape index (κ3) is 2.87. The Bertz CT molecular complexity index is 648. The van der Waals surface area contributed by atoms with E-state index in [9.17, 15) is 22.4 Å². The largest absolute Gasteiger partial charge is 0.481 e. The van der Waals surface area contributed by atoms with Crippen LogP contribution in [0.3, 0.4) is 0 Å². The lowest BCUT2D eigenvalue weighted by Crippen LogP contribution is -2.03. The highest BCUT2D eigenvalue weighted by Gasteiger charge is 2.20. The molecule has 2 aromatic rings. The van der Waals surface area contributed by atoms with Crippen molar-refractivity contribution in [3.63, 3.8) is 0 Å². The van der Waals surface area contributed by atoms with Crippen molar-refractivity contribution in [1.82, 2.24) is 4.98 Å². The SMILES string of the molecule is O=C(O)Cc1csc(Nc2c(F)c(F)cc(F)c2F)n1. The number of nitrogens with one attached hydrogen (secondary N) is 1. The third-order valence-electron chi connectivity index (χ3n) is 2.23. The second-order valence-corrected chi connectivity index (χ2v) is 4.54. The molecule has 0 saturated carbocycles. The molecule has 106 valence electrons. The minimum atomic E-state index is -1.58. The van der Waals surface area contributed by atoms with Gasteiger partial charge in [0.15, 0.2) is 28.4 Å². The first kappa shape index (κ1) is 14.3. The van der Waals surface area contributed by atoms with E-state index in [-0.39, 0.29) is 23.3 Å². The summed E-state index contributed by atoms with van der Waals surface area (Å²) in [6, 6.07) is 0.0908. The fraction of sp³-hybridized carbons (Fsp3) is 0.0909. The molecule has 0 saturated heterocycles. The van der Waals surface area contributed by atoms with Crippen molar-refractivity contribution >= 4 is 28.1 Å². The molecular formula is C11H6F4N2O2S. The number of nitrogens with zero attached hydrogens (tertiary/aromatic N) is 1. The number of aliphatic carboxylic acids is 1. The van der Waals surface area contributed by atoms with Gasteiger partial charge < -0.3 is 10.4 Å². The van der Waals surface area contributed by atoms with Crippen molar-refractivity contribution in [3.05, 3.63) is 40.4 Å². The van der Waals surface area contributed by atoms with E-state index in [1.807, 2.05) is 0 Å². The number of benzene rings is 1.